The highest BCUT2D eigenvalue weighted by atomic mass is 32.1. The van der Waals surface area contributed by atoms with Crippen LogP contribution >= 0.6 is 24.8 Å². The van der Waals surface area contributed by atoms with Crippen LogP contribution in [0, 0.1) is 5.92 Å². The van der Waals surface area contributed by atoms with E-state index in [4.69, 9.17) is 21.7 Å². The highest BCUT2D eigenvalue weighted by molar-refractivity contribution is 8.10. The number of carbonyl (C=O) groups excluding carboxylic acids is 1. The van der Waals surface area contributed by atoms with Crippen LogP contribution in [0.1, 0.15) is 32.6 Å². The van der Waals surface area contributed by atoms with E-state index in [1.54, 1.807) is 0 Å². The molecule has 0 bridgehead atoms. The minimum atomic E-state index is -0.0793. The van der Waals surface area contributed by atoms with Crippen LogP contribution in [-0.4, -0.2) is 23.1 Å². The van der Waals surface area contributed by atoms with Gasteiger partial charge in [0.05, 0.1) is 12.5 Å². The summed E-state index contributed by atoms with van der Waals surface area (Å²) in [4.78, 5) is 11.4. The van der Waals surface area contributed by atoms with Crippen LogP contribution in [0.15, 0.2) is 0 Å². The Morgan fingerprint density at radius 2 is 2.00 bits per heavy atom. The normalized spacial score (nSPS) is 25.7. The zero-order valence-electron chi connectivity index (χ0n) is 8.77. The van der Waals surface area contributed by atoms with E-state index < -0.39 is 0 Å². The Morgan fingerprint density at radius 3 is 2.47 bits per heavy atom. The molecule has 0 radical (unpaired) electrons. The molecule has 15 heavy (non-hydrogen) atoms. The number of hydrogen-bond donors (Lipinski definition) is 1. The number of thiol groups is 1. The number of rotatable bonds is 3. The molecule has 0 aromatic rings. The van der Waals surface area contributed by atoms with Gasteiger partial charge >= 0.3 is 5.97 Å². The summed E-state index contributed by atoms with van der Waals surface area (Å²) in [7, 11) is 0. The second kappa shape index (κ2) is 6.33. The Balaban J connectivity index is 2.29. The minimum absolute atomic E-state index is 0.0401. The first-order valence-corrected chi connectivity index (χ1v) is 6.05. The van der Waals surface area contributed by atoms with Gasteiger partial charge < -0.3 is 9.47 Å². The predicted octanol–water partition coefficient (Wildman–Crippen LogP) is 2.34. The summed E-state index contributed by atoms with van der Waals surface area (Å²) >= 11 is 8.67. The molecule has 0 amide bonds. The van der Waals surface area contributed by atoms with Crippen molar-refractivity contribution in [3.05, 3.63) is 0 Å². The number of esters is 1. The fourth-order valence-corrected chi connectivity index (χ4v) is 2.10. The van der Waals surface area contributed by atoms with Gasteiger partial charge in [-0.05, 0) is 44.8 Å². The topological polar surface area (TPSA) is 35.5 Å². The van der Waals surface area contributed by atoms with Gasteiger partial charge in [0.1, 0.15) is 6.10 Å². The van der Waals surface area contributed by atoms with Crippen LogP contribution in [0.2, 0.25) is 0 Å². The molecule has 1 aliphatic carbocycles. The van der Waals surface area contributed by atoms with Crippen LogP contribution in [0.4, 0.5) is 0 Å². The van der Waals surface area contributed by atoms with Gasteiger partial charge in [0.15, 0.2) is 0 Å². The van der Waals surface area contributed by atoms with Gasteiger partial charge in [-0.1, -0.05) is 12.6 Å². The molecule has 0 atom stereocenters. The quantitative estimate of drug-likeness (QED) is 0.472. The van der Waals surface area contributed by atoms with Crippen molar-refractivity contribution in [1.82, 2.24) is 0 Å². The summed E-state index contributed by atoms with van der Waals surface area (Å²) in [6.45, 7) is 2.28. The van der Waals surface area contributed by atoms with Crippen molar-refractivity contribution in [2.24, 2.45) is 5.92 Å². The Hall–Kier alpha value is -0.290. The highest BCUT2D eigenvalue weighted by Crippen LogP contribution is 2.27. The molecule has 0 N–H and O–H groups in total. The Morgan fingerprint density at radius 1 is 1.40 bits per heavy atom. The van der Waals surface area contributed by atoms with Gasteiger partial charge in [-0.15, -0.1) is 0 Å². The van der Waals surface area contributed by atoms with Gasteiger partial charge in [0.25, 0.3) is 0 Å². The average Bonchev–Trinajstić information content (AvgIpc) is 2.18. The molecule has 1 aliphatic rings. The molecule has 1 rings (SSSR count). The van der Waals surface area contributed by atoms with Gasteiger partial charge in [-0.3, -0.25) is 4.79 Å². The van der Waals surface area contributed by atoms with E-state index >= 15 is 0 Å². The van der Waals surface area contributed by atoms with E-state index in [2.05, 4.69) is 12.6 Å². The van der Waals surface area contributed by atoms with Crippen molar-refractivity contribution in [2.45, 2.75) is 38.7 Å². The molecule has 1 fully saturated rings. The lowest BCUT2D eigenvalue weighted by atomic mass is 9.87. The first-order valence-electron chi connectivity index (χ1n) is 5.19. The molecule has 1 saturated carbocycles. The van der Waals surface area contributed by atoms with Crippen molar-refractivity contribution < 1.29 is 14.3 Å². The third kappa shape index (κ3) is 4.38. The highest BCUT2D eigenvalue weighted by Gasteiger charge is 2.28. The lowest BCUT2D eigenvalue weighted by Gasteiger charge is -2.26. The van der Waals surface area contributed by atoms with Crippen LogP contribution in [0.25, 0.3) is 0 Å². The molecule has 3 nitrogen and oxygen atoms in total. The van der Waals surface area contributed by atoms with E-state index in [-0.39, 0.29) is 22.4 Å². The zero-order chi connectivity index (χ0) is 11.3. The smallest absolute Gasteiger partial charge is 0.308 e. The summed E-state index contributed by atoms with van der Waals surface area (Å²) in [5.74, 6) is -0.0392. The molecular weight excluding hydrogens is 232 g/mol. The Labute approximate surface area is 101 Å². The van der Waals surface area contributed by atoms with E-state index in [0.717, 1.165) is 25.7 Å². The summed E-state index contributed by atoms with van der Waals surface area (Å²) in [6, 6.07) is 0. The molecule has 0 spiro atoms. The maximum Gasteiger partial charge on any atom is 0.308 e. The van der Waals surface area contributed by atoms with Crippen molar-refractivity contribution in [3.8, 4) is 0 Å². The number of ether oxygens (including phenoxy) is 2. The van der Waals surface area contributed by atoms with E-state index in [1.807, 2.05) is 6.92 Å². The minimum Gasteiger partial charge on any atom is -0.475 e. The van der Waals surface area contributed by atoms with Crippen molar-refractivity contribution in [3.63, 3.8) is 0 Å². The lowest BCUT2D eigenvalue weighted by Crippen LogP contribution is -2.27. The molecule has 0 saturated heterocycles. The van der Waals surface area contributed by atoms with Crippen molar-refractivity contribution >= 4 is 35.2 Å². The first-order chi connectivity index (χ1) is 7.13. The molecule has 86 valence electrons. The molecular formula is C10H16O3S2. The van der Waals surface area contributed by atoms with Crippen molar-refractivity contribution in [1.29, 1.82) is 0 Å². The van der Waals surface area contributed by atoms with Crippen LogP contribution < -0.4 is 0 Å². The molecule has 5 heteroatoms. The SMILES string of the molecule is CCOC(=O)C1CCC(OC(=S)S)CC1. The first kappa shape index (κ1) is 12.8. The van der Waals surface area contributed by atoms with Gasteiger partial charge in [-0.25, -0.2) is 0 Å². The second-order valence-electron chi connectivity index (χ2n) is 3.61. The molecule has 0 heterocycles. The standard InChI is InChI=1S/C10H16O3S2/c1-2-12-9(11)7-3-5-8(6-4-7)13-10(14)15/h7-8H,2-6H2,1H3,(H,14,15). The maximum absolute atomic E-state index is 11.4. The second-order valence-corrected chi connectivity index (χ2v) is 4.69. The van der Waals surface area contributed by atoms with Gasteiger partial charge in [-0.2, -0.15) is 0 Å². The lowest BCUT2D eigenvalue weighted by molar-refractivity contribution is -0.149. The van der Waals surface area contributed by atoms with E-state index in [0.29, 0.717) is 6.61 Å². The summed E-state index contributed by atoms with van der Waals surface area (Å²) in [5, 5.41) is 0. The summed E-state index contributed by atoms with van der Waals surface area (Å²) < 4.78 is 10.6. The van der Waals surface area contributed by atoms with E-state index in [1.165, 1.54) is 0 Å². The average molecular weight is 248 g/mol. The molecule has 0 aromatic carbocycles. The Bertz CT molecular complexity index is 235. The fraction of sp³-hybridized carbons (Fsp3) is 0.800. The summed E-state index contributed by atoms with van der Waals surface area (Å²) in [5.41, 5.74) is 0. The van der Waals surface area contributed by atoms with Crippen LogP contribution in [-0.2, 0) is 14.3 Å². The monoisotopic (exact) mass is 248 g/mol. The van der Waals surface area contributed by atoms with Crippen molar-refractivity contribution in [2.75, 3.05) is 6.61 Å². The van der Waals surface area contributed by atoms with Crippen LogP contribution in [0.3, 0.4) is 0 Å². The van der Waals surface area contributed by atoms with Gasteiger partial charge in [0.2, 0.25) is 4.38 Å². The van der Waals surface area contributed by atoms with E-state index in [9.17, 15) is 4.79 Å². The maximum atomic E-state index is 11.4. The predicted molar refractivity (Wildman–Crippen MR) is 65.0 cm³/mol. The fourth-order valence-electron chi connectivity index (χ4n) is 1.82. The number of thiocarbonyl (C=S) groups is 1. The third-order valence-corrected chi connectivity index (χ3v) is 2.76. The third-order valence-electron chi connectivity index (χ3n) is 2.56. The Kier molecular flexibility index (Phi) is 5.39. The number of hydrogen-bond acceptors (Lipinski definition) is 4. The largest absolute Gasteiger partial charge is 0.475 e. The summed E-state index contributed by atoms with van der Waals surface area (Å²) in [6.07, 6.45) is 3.47. The van der Waals surface area contributed by atoms with Crippen LogP contribution in [0.5, 0.6) is 0 Å². The molecule has 0 aromatic heterocycles. The molecule has 0 unspecified atom stereocenters. The number of carbonyl (C=O) groups is 1. The zero-order valence-corrected chi connectivity index (χ0v) is 10.5. The molecule has 0 aliphatic heterocycles. The van der Waals surface area contributed by atoms with Gasteiger partial charge in [0, 0.05) is 0 Å².